The number of hydrogen-bond acceptors (Lipinski definition) is 3. The maximum Gasteiger partial charge on any atom is 0.350 e. The van der Waals surface area contributed by atoms with Gasteiger partial charge in [0.2, 0.25) is 0 Å². The molecule has 0 bridgehead atoms. The molecule has 1 heterocycles. The van der Waals surface area contributed by atoms with E-state index >= 15 is 0 Å². The normalized spacial score (nSPS) is 21.9. The van der Waals surface area contributed by atoms with Gasteiger partial charge < -0.3 is 4.74 Å². The van der Waals surface area contributed by atoms with Crippen LogP contribution in [0.4, 0.5) is 8.78 Å². The Bertz CT molecular complexity index is 303. The number of hydrogen-bond donors (Lipinski definition) is 1. The van der Waals surface area contributed by atoms with E-state index in [1.165, 1.54) is 0 Å². The molecule has 0 aromatic carbocycles. The van der Waals surface area contributed by atoms with Crippen LogP contribution in [0.25, 0.3) is 0 Å². The van der Waals surface area contributed by atoms with Gasteiger partial charge in [0.1, 0.15) is 0 Å². The molecule has 1 saturated heterocycles. The van der Waals surface area contributed by atoms with Gasteiger partial charge in [-0.15, -0.1) is 0 Å². The fourth-order valence-electron chi connectivity index (χ4n) is 1.37. The molecule has 1 aliphatic heterocycles. The van der Waals surface area contributed by atoms with Gasteiger partial charge in [-0.05, 0) is 12.8 Å². The maximum absolute atomic E-state index is 12.2. The zero-order chi connectivity index (χ0) is 11.5. The standard InChI is InChI=1S/C7H12BrF2NO3S/c8-5-7(1-3-14-4-2-7)11-15(12,13)6(9)10/h6,11H,1-5H2. The van der Waals surface area contributed by atoms with Gasteiger partial charge in [0.15, 0.2) is 0 Å². The Morgan fingerprint density at radius 1 is 1.40 bits per heavy atom. The molecule has 0 aromatic heterocycles. The Kier molecular flexibility index (Phi) is 4.45. The minimum Gasteiger partial charge on any atom is -0.381 e. The molecule has 0 unspecified atom stereocenters. The van der Waals surface area contributed by atoms with E-state index < -0.39 is 21.3 Å². The molecular weight excluding hydrogens is 296 g/mol. The average Bonchev–Trinajstić information content (AvgIpc) is 2.18. The molecule has 0 aromatic rings. The Hall–Kier alpha value is 0.210. The highest BCUT2D eigenvalue weighted by Crippen LogP contribution is 2.25. The maximum atomic E-state index is 12.2. The van der Waals surface area contributed by atoms with Crippen LogP contribution in [-0.4, -0.2) is 38.3 Å². The van der Waals surface area contributed by atoms with E-state index in [0.29, 0.717) is 31.4 Å². The van der Waals surface area contributed by atoms with Crippen LogP contribution in [0, 0.1) is 0 Å². The van der Waals surface area contributed by atoms with Crippen molar-refractivity contribution in [2.45, 2.75) is 24.1 Å². The molecule has 90 valence electrons. The van der Waals surface area contributed by atoms with E-state index in [-0.39, 0.29) is 0 Å². The van der Waals surface area contributed by atoms with E-state index in [4.69, 9.17) is 4.74 Å². The number of ether oxygens (including phenoxy) is 1. The third-order valence-electron chi connectivity index (χ3n) is 2.30. The van der Waals surface area contributed by atoms with Gasteiger partial charge in [-0.25, -0.2) is 13.1 Å². The van der Waals surface area contributed by atoms with Crippen LogP contribution >= 0.6 is 15.9 Å². The molecule has 4 nitrogen and oxygen atoms in total. The smallest absolute Gasteiger partial charge is 0.350 e. The van der Waals surface area contributed by atoms with Crippen LogP contribution in [0.2, 0.25) is 0 Å². The Morgan fingerprint density at radius 3 is 2.33 bits per heavy atom. The monoisotopic (exact) mass is 307 g/mol. The molecular formula is C7H12BrF2NO3S. The first-order valence-corrected chi connectivity index (χ1v) is 7.03. The van der Waals surface area contributed by atoms with E-state index in [2.05, 4.69) is 20.7 Å². The van der Waals surface area contributed by atoms with Crippen molar-refractivity contribution in [3.05, 3.63) is 0 Å². The van der Waals surface area contributed by atoms with Crippen LogP contribution in [-0.2, 0) is 14.8 Å². The van der Waals surface area contributed by atoms with Gasteiger partial charge in [-0.2, -0.15) is 8.78 Å². The second kappa shape index (κ2) is 5.03. The third-order valence-corrected chi connectivity index (χ3v) is 4.56. The summed E-state index contributed by atoms with van der Waals surface area (Å²) in [5, 5.41) is 0.301. The minimum absolute atomic E-state index is 0.301. The number of alkyl halides is 3. The topological polar surface area (TPSA) is 55.4 Å². The lowest BCUT2D eigenvalue weighted by atomic mass is 9.94. The molecule has 0 saturated carbocycles. The first-order chi connectivity index (χ1) is 6.92. The number of rotatable bonds is 4. The highest BCUT2D eigenvalue weighted by molar-refractivity contribution is 9.09. The fraction of sp³-hybridized carbons (Fsp3) is 1.00. The van der Waals surface area contributed by atoms with E-state index in [1.54, 1.807) is 0 Å². The molecule has 1 aliphatic rings. The summed E-state index contributed by atoms with van der Waals surface area (Å²) in [5.41, 5.74) is -0.840. The summed E-state index contributed by atoms with van der Waals surface area (Å²) < 4.78 is 53.5. The average molecular weight is 308 g/mol. The van der Waals surface area contributed by atoms with E-state index in [9.17, 15) is 17.2 Å². The van der Waals surface area contributed by atoms with Crippen molar-refractivity contribution in [1.29, 1.82) is 0 Å². The van der Waals surface area contributed by atoms with Crippen LogP contribution in [0.1, 0.15) is 12.8 Å². The largest absolute Gasteiger partial charge is 0.381 e. The summed E-state index contributed by atoms with van der Waals surface area (Å²) in [7, 11) is -4.54. The number of nitrogens with one attached hydrogen (secondary N) is 1. The van der Waals surface area contributed by atoms with Gasteiger partial charge in [0, 0.05) is 24.1 Å². The van der Waals surface area contributed by atoms with Gasteiger partial charge in [-0.1, -0.05) is 15.9 Å². The van der Waals surface area contributed by atoms with Crippen molar-refractivity contribution in [3.8, 4) is 0 Å². The molecule has 1 rings (SSSR count). The highest BCUT2D eigenvalue weighted by Gasteiger charge is 2.38. The fourth-order valence-corrected chi connectivity index (χ4v) is 3.23. The highest BCUT2D eigenvalue weighted by atomic mass is 79.9. The first kappa shape index (κ1) is 13.3. The van der Waals surface area contributed by atoms with Gasteiger partial charge >= 0.3 is 5.76 Å². The van der Waals surface area contributed by atoms with Crippen LogP contribution in [0.3, 0.4) is 0 Å². The second-order valence-electron chi connectivity index (χ2n) is 3.43. The molecule has 15 heavy (non-hydrogen) atoms. The summed E-state index contributed by atoms with van der Waals surface area (Å²) in [5.74, 6) is -3.39. The first-order valence-electron chi connectivity index (χ1n) is 4.36. The summed E-state index contributed by atoms with van der Waals surface area (Å²) in [6, 6.07) is 0. The molecule has 0 atom stereocenters. The Morgan fingerprint density at radius 2 is 1.93 bits per heavy atom. The predicted octanol–water partition coefficient (Wildman–Crippen LogP) is 1.07. The lowest BCUT2D eigenvalue weighted by Crippen LogP contribution is -2.54. The second-order valence-corrected chi connectivity index (χ2v) is 5.65. The van der Waals surface area contributed by atoms with E-state index in [0.717, 1.165) is 0 Å². The van der Waals surface area contributed by atoms with E-state index in [1.807, 2.05) is 0 Å². The summed E-state index contributed by atoms with van der Waals surface area (Å²) in [6.07, 6.45) is 0.786. The molecule has 0 spiro atoms. The zero-order valence-corrected chi connectivity index (χ0v) is 10.3. The quantitative estimate of drug-likeness (QED) is 0.791. The predicted molar refractivity (Wildman–Crippen MR) is 54.6 cm³/mol. The minimum atomic E-state index is -4.54. The van der Waals surface area contributed by atoms with Crippen LogP contribution in [0.15, 0.2) is 0 Å². The van der Waals surface area contributed by atoms with Crippen molar-refractivity contribution in [2.24, 2.45) is 0 Å². The lowest BCUT2D eigenvalue weighted by molar-refractivity contribution is 0.0549. The molecule has 0 amide bonds. The molecule has 0 aliphatic carbocycles. The van der Waals surface area contributed by atoms with Crippen LogP contribution in [0.5, 0.6) is 0 Å². The van der Waals surface area contributed by atoms with Crippen molar-refractivity contribution in [2.75, 3.05) is 18.5 Å². The lowest BCUT2D eigenvalue weighted by Gasteiger charge is -2.35. The van der Waals surface area contributed by atoms with Crippen molar-refractivity contribution in [3.63, 3.8) is 0 Å². The molecule has 1 N–H and O–H groups in total. The molecule has 0 radical (unpaired) electrons. The van der Waals surface area contributed by atoms with Gasteiger partial charge in [0.25, 0.3) is 10.0 Å². The Balaban J connectivity index is 2.76. The SMILES string of the molecule is O=S(=O)(NC1(CBr)CCOCC1)C(F)F. The van der Waals surface area contributed by atoms with Crippen molar-refractivity contribution in [1.82, 2.24) is 4.72 Å². The molecule has 8 heteroatoms. The number of sulfonamides is 1. The summed E-state index contributed by atoms with van der Waals surface area (Å²) in [4.78, 5) is 0. The zero-order valence-electron chi connectivity index (χ0n) is 7.88. The Labute approximate surface area is 95.5 Å². The number of halogens is 3. The van der Waals surface area contributed by atoms with Crippen molar-refractivity contribution >= 4 is 26.0 Å². The summed E-state index contributed by atoms with van der Waals surface area (Å²) >= 11 is 3.14. The van der Waals surface area contributed by atoms with Crippen molar-refractivity contribution < 1.29 is 21.9 Å². The van der Waals surface area contributed by atoms with Gasteiger partial charge in [0.05, 0.1) is 0 Å². The summed E-state index contributed by atoms with van der Waals surface area (Å²) in [6.45, 7) is 0.745. The van der Waals surface area contributed by atoms with Gasteiger partial charge in [-0.3, -0.25) is 0 Å². The van der Waals surface area contributed by atoms with Crippen LogP contribution < -0.4 is 4.72 Å². The third kappa shape index (κ3) is 3.33. The molecule has 1 fully saturated rings.